The van der Waals surface area contributed by atoms with Crippen molar-refractivity contribution in [1.29, 1.82) is 0 Å². The molecule has 140 valence electrons. The molecule has 3 rings (SSSR count). The Balaban J connectivity index is 1.69. The van der Waals surface area contributed by atoms with Gasteiger partial charge < -0.3 is 4.90 Å². The largest absolute Gasteiger partial charge is 0.367 e. The van der Waals surface area contributed by atoms with Crippen molar-refractivity contribution in [3.05, 3.63) is 64.6 Å². The number of hydrogen-bond donors (Lipinski definition) is 0. The maximum atomic E-state index is 3.56. The van der Waals surface area contributed by atoms with Gasteiger partial charge in [0.05, 0.1) is 0 Å². The zero-order valence-electron chi connectivity index (χ0n) is 16.3. The van der Waals surface area contributed by atoms with E-state index in [2.05, 4.69) is 101 Å². The molecule has 0 bridgehead atoms. The van der Waals surface area contributed by atoms with Crippen LogP contribution < -0.4 is 4.90 Å². The van der Waals surface area contributed by atoms with Crippen molar-refractivity contribution in [2.24, 2.45) is 5.92 Å². The fraction of sp³-hybridized carbons (Fsp3) is 0.478. The van der Waals surface area contributed by atoms with Gasteiger partial charge >= 0.3 is 0 Å². The Hall–Kier alpha value is -1.32. The van der Waals surface area contributed by atoms with Crippen LogP contribution in [-0.2, 0) is 6.54 Å². The Kier molecular flexibility index (Phi) is 6.42. The smallest absolute Gasteiger partial charge is 0.0429 e. The predicted molar refractivity (Wildman–Crippen MR) is 116 cm³/mol. The Morgan fingerprint density at radius 1 is 0.962 bits per heavy atom. The number of anilines is 1. The molecule has 0 amide bonds. The molecule has 1 aliphatic heterocycles. The minimum absolute atomic E-state index is 0.292. The average molecular weight is 415 g/mol. The number of nitrogens with zero attached hydrogens (tertiary/aromatic N) is 2. The summed E-state index contributed by atoms with van der Waals surface area (Å²) in [7, 11) is 0. The molecule has 0 aliphatic carbocycles. The molecule has 26 heavy (non-hydrogen) atoms. The average Bonchev–Trinajstić information content (AvgIpc) is 2.62. The molecule has 0 radical (unpaired) electrons. The van der Waals surface area contributed by atoms with Crippen LogP contribution in [0.4, 0.5) is 5.69 Å². The van der Waals surface area contributed by atoms with Gasteiger partial charge in [0, 0.05) is 28.8 Å². The van der Waals surface area contributed by atoms with Crippen LogP contribution in [0.15, 0.2) is 59.1 Å². The van der Waals surface area contributed by atoms with E-state index in [1.54, 1.807) is 0 Å². The summed E-state index contributed by atoms with van der Waals surface area (Å²) in [6.45, 7) is 11.5. The third-order valence-corrected chi connectivity index (χ3v) is 5.98. The maximum Gasteiger partial charge on any atom is 0.0429 e. The van der Waals surface area contributed by atoms with Crippen LogP contribution in [0.5, 0.6) is 0 Å². The van der Waals surface area contributed by atoms with E-state index in [-0.39, 0.29) is 0 Å². The van der Waals surface area contributed by atoms with Crippen molar-refractivity contribution in [2.45, 2.75) is 45.7 Å². The summed E-state index contributed by atoms with van der Waals surface area (Å²) in [6.07, 6.45) is 2.58. The molecule has 0 N–H and O–H groups in total. The second kappa shape index (κ2) is 8.58. The van der Waals surface area contributed by atoms with Gasteiger partial charge in [-0.25, -0.2) is 0 Å². The first kappa shape index (κ1) is 19.4. The van der Waals surface area contributed by atoms with Crippen LogP contribution in [0.1, 0.15) is 39.2 Å². The monoisotopic (exact) mass is 414 g/mol. The number of rotatable bonds is 5. The molecule has 0 atom stereocenters. The van der Waals surface area contributed by atoms with Gasteiger partial charge in [-0.2, -0.15) is 0 Å². The summed E-state index contributed by atoms with van der Waals surface area (Å²) < 4.78 is 1.14. The van der Waals surface area contributed by atoms with Gasteiger partial charge in [-0.15, -0.1) is 0 Å². The minimum atomic E-state index is 0.292. The third kappa shape index (κ3) is 5.34. The standard InChI is InChI=1S/C23H31BrN2/c1-23(2,3)26-15-13-20(14-16-26)18-25(17-19-7-5-4-6-8-19)22-11-9-21(24)10-12-22/h4-12,20H,13-18H2,1-3H3. The van der Waals surface area contributed by atoms with Gasteiger partial charge in [0.25, 0.3) is 0 Å². The van der Waals surface area contributed by atoms with Gasteiger partial charge in [-0.3, -0.25) is 4.90 Å². The van der Waals surface area contributed by atoms with E-state index in [0.717, 1.165) is 23.5 Å². The minimum Gasteiger partial charge on any atom is -0.367 e. The highest BCUT2D eigenvalue weighted by atomic mass is 79.9. The lowest BCUT2D eigenvalue weighted by atomic mass is 9.92. The van der Waals surface area contributed by atoms with Crippen LogP contribution in [0.25, 0.3) is 0 Å². The van der Waals surface area contributed by atoms with E-state index >= 15 is 0 Å². The Morgan fingerprint density at radius 3 is 2.15 bits per heavy atom. The molecule has 0 unspecified atom stereocenters. The first-order chi connectivity index (χ1) is 12.4. The van der Waals surface area contributed by atoms with Crippen molar-refractivity contribution in [2.75, 3.05) is 24.5 Å². The molecule has 0 spiro atoms. The van der Waals surface area contributed by atoms with Gasteiger partial charge in [0.1, 0.15) is 0 Å². The molecule has 1 aliphatic rings. The van der Waals surface area contributed by atoms with Crippen LogP contribution in [-0.4, -0.2) is 30.1 Å². The lowest BCUT2D eigenvalue weighted by Gasteiger charge is -2.42. The van der Waals surface area contributed by atoms with E-state index in [1.165, 1.54) is 37.2 Å². The quantitative estimate of drug-likeness (QED) is 0.594. The molecule has 0 saturated carbocycles. The highest BCUT2D eigenvalue weighted by molar-refractivity contribution is 9.10. The predicted octanol–water partition coefficient (Wildman–Crippen LogP) is 5.97. The van der Waals surface area contributed by atoms with Crippen molar-refractivity contribution in [3.8, 4) is 0 Å². The van der Waals surface area contributed by atoms with E-state index in [9.17, 15) is 0 Å². The highest BCUT2D eigenvalue weighted by Gasteiger charge is 2.27. The normalized spacial score (nSPS) is 16.6. The van der Waals surface area contributed by atoms with E-state index < -0.39 is 0 Å². The Bertz CT molecular complexity index is 668. The Labute approximate surface area is 167 Å². The van der Waals surface area contributed by atoms with E-state index in [1.807, 2.05) is 0 Å². The fourth-order valence-electron chi connectivity index (χ4n) is 3.81. The summed E-state index contributed by atoms with van der Waals surface area (Å²) in [5.41, 5.74) is 2.98. The maximum absolute atomic E-state index is 3.56. The van der Waals surface area contributed by atoms with Gasteiger partial charge in [0.2, 0.25) is 0 Å². The molecule has 2 aromatic carbocycles. The molecule has 1 fully saturated rings. The number of piperidine rings is 1. The number of hydrogen-bond acceptors (Lipinski definition) is 2. The molecular weight excluding hydrogens is 384 g/mol. The topological polar surface area (TPSA) is 6.48 Å². The van der Waals surface area contributed by atoms with Gasteiger partial charge in [-0.05, 0) is 82.4 Å². The number of likely N-dealkylation sites (tertiary alicyclic amines) is 1. The Morgan fingerprint density at radius 2 is 1.58 bits per heavy atom. The molecule has 2 aromatic rings. The lowest BCUT2D eigenvalue weighted by molar-refractivity contribution is 0.0888. The highest BCUT2D eigenvalue weighted by Crippen LogP contribution is 2.27. The summed E-state index contributed by atoms with van der Waals surface area (Å²) >= 11 is 3.56. The van der Waals surface area contributed by atoms with Crippen molar-refractivity contribution >= 4 is 21.6 Å². The summed E-state index contributed by atoms with van der Waals surface area (Å²) in [5, 5.41) is 0. The SMILES string of the molecule is CC(C)(C)N1CCC(CN(Cc2ccccc2)c2ccc(Br)cc2)CC1. The summed E-state index contributed by atoms with van der Waals surface area (Å²) in [5.74, 6) is 0.765. The van der Waals surface area contributed by atoms with Gasteiger partial charge in [0.15, 0.2) is 0 Å². The van der Waals surface area contributed by atoms with Crippen LogP contribution in [0, 0.1) is 5.92 Å². The first-order valence-corrected chi connectivity index (χ1v) is 10.5. The van der Waals surface area contributed by atoms with E-state index in [0.29, 0.717) is 5.54 Å². The first-order valence-electron chi connectivity index (χ1n) is 9.71. The van der Waals surface area contributed by atoms with E-state index in [4.69, 9.17) is 0 Å². The fourth-order valence-corrected chi connectivity index (χ4v) is 4.08. The zero-order valence-corrected chi connectivity index (χ0v) is 17.9. The lowest BCUT2D eigenvalue weighted by Crippen LogP contribution is -2.47. The summed E-state index contributed by atoms with van der Waals surface area (Å²) in [4.78, 5) is 5.18. The molecule has 0 aromatic heterocycles. The van der Waals surface area contributed by atoms with Crippen LogP contribution in [0.2, 0.25) is 0 Å². The molecule has 1 saturated heterocycles. The number of halogens is 1. The van der Waals surface area contributed by atoms with Crippen molar-refractivity contribution in [3.63, 3.8) is 0 Å². The van der Waals surface area contributed by atoms with Crippen LogP contribution >= 0.6 is 15.9 Å². The van der Waals surface area contributed by atoms with Gasteiger partial charge in [-0.1, -0.05) is 46.3 Å². The molecule has 3 heteroatoms. The molecular formula is C23H31BrN2. The molecule has 2 nitrogen and oxygen atoms in total. The summed E-state index contributed by atoms with van der Waals surface area (Å²) in [6, 6.07) is 19.6. The third-order valence-electron chi connectivity index (χ3n) is 5.45. The zero-order chi connectivity index (χ0) is 18.6. The second-order valence-corrected chi connectivity index (χ2v) is 9.36. The number of benzene rings is 2. The van der Waals surface area contributed by atoms with Crippen LogP contribution in [0.3, 0.4) is 0 Å². The van der Waals surface area contributed by atoms with Crippen molar-refractivity contribution < 1.29 is 0 Å². The van der Waals surface area contributed by atoms with Crippen molar-refractivity contribution in [1.82, 2.24) is 4.90 Å². The molecule has 1 heterocycles. The second-order valence-electron chi connectivity index (χ2n) is 8.44.